The summed E-state index contributed by atoms with van der Waals surface area (Å²) in [5.41, 5.74) is 0.799. The summed E-state index contributed by atoms with van der Waals surface area (Å²) >= 11 is 1.46. The van der Waals surface area contributed by atoms with Gasteiger partial charge in [-0.15, -0.1) is 11.3 Å². The molecule has 0 aromatic carbocycles. The normalized spacial score (nSPS) is 11.7. The van der Waals surface area contributed by atoms with E-state index in [1.807, 2.05) is 25.3 Å². The number of hydrogen-bond acceptors (Lipinski definition) is 4. The van der Waals surface area contributed by atoms with Gasteiger partial charge < -0.3 is 5.11 Å². The van der Waals surface area contributed by atoms with Crippen molar-refractivity contribution in [3.63, 3.8) is 0 Å². The molecule has 5 nitrogen and oxygen atoms in total. The Morgan fingerprint density at radius 3 is 2.55 bits per heavy atom. The molecule has 0 saturated heterocycles. The Labute approximate surface area is 125 Å². The molecule has 1 rings (SSSR count). The molecule has 1 heterocycles. The van der Waals surface area contributed by atoms with E-state index in [0.29, 0.717) is 19.6 Å². The van der Waals surface area contributed by atoms with Crippen molar-refractivity contribution < 1.29 is 13.5 Å². The van der Waals surface area contributed by atoms with Crippen molar-refractivity contribution in [1.82, 2.24) is 8.61 Å². The standard InChI is InChI=1S/C13H20N2O3S2/c1-4-15(5-2)20(17,18)14(3)10-13-9-12(11-19-13)7-6-8-16/h9,11,16H,4-5,8,10H2,1-3H3. The Morgan fingerprint density at radius 1 is 1.35 bits per heavy atom. The van der Waals surface area contributed by atoms with E-state index in [-0.39, 0.29) is 6.61 Å². The minimum Gasteiger partial charge on any atom is -0.384 e. The average molecular weight is 316 g/mol. The molecule has 0 spiro atoms. The molecule has 7 heteroatoms. The van der Waals surface area contributed by atoms with Crippen molar-refractivity contribution in [2.75, 3.05) is 26.7 Å². The van der Waals surface area contributed by atoms with Gasteiger partial charge in [-0.05, 0) is 6.07 Å². The zero-order chi connectivity index (χ0) is 15.2. The fourth-order valence-corrected chi connectivity index (χ4v) is 4.02. The van der Waals surface area contributed by atoms with Crippen LogP contribution < -0.4 is 0 Å². The summed E-state index contributed by atoms with van der Waals surface area (Å²) in [5.74, 6) is 5.37. The van der Waals surface area contributed by atoms with Gasteiger partial charge in [0.05, 0.1) is 0 Å². The molecular weight excluding hydrogens is 296 g/mol. The molecule has 0 atom stereocenters. The molecule has 0 saturated carbocycles. The Bertz CT molecular complexity index is 580. The summed E-state index contributed by atoms with van der Waals surface area (Å²) in [7, 11) is -1.83. The Kier molecular flexibility index (Phi) is 6.65. The van der Waals surface area contributed by atoms with Crippen LogP contribution in [-0.4, -0.2) is 48.9 Å². The molecule has 20 heavy (non-hydrogen) atoms. The molecule has 0 aliphatic rings. The van der Waals surface area contributed by atoms with E-state index in [4.69, 9.17) is 5.11 Å². The van der Waals surface area contributed by atoms with E-state index in [1.54, 1.807) is 7.05 Å². The van der Waals surface area contributed by atoms with Gasteiger partial charge in [0.25, 0.3) is 10.2 Å². The lowest BCUT2D eigenvalue weighted by atomic mass is 10.3. The molecular formula is C13H20N2O3S2. The third-order valence-corrected chi connectivity index (χ3v) is 5.78. The smallest absolute Gasteiger partial charge is 0.282 e. The van der Waals surface area contributed by atoms with Gasteiger partial charge in [0.2, 0.25) is 0 Å². The number of hydrogen-bond donors (Lipinski definition) is 1. The van der Waals surface area contributed by atoms with Crippen LogP contribution in [-0.2, 0) is 16.8 Å². The van der Waals surface area contributed by atoms with Crippen LogP contribution in [0.3, 0.4) is 0 Å². The predicted octanol–water partition coefficient (Wildman–Crippen LogP) is 1.11. The number of aliphatic hydroxyl groups excluding tert-OH is 1. The van der Waals surface area contributed by atoms with Crippen LogP contribution in [0.25, 0.3) is 0 Å². The second-order valence-corrected chi connectivity index (χ2v) is 7.14. The molecule has 1 aromatic heterocycles. The highest BCUT2D eigenvalue weighted by Crippen LogP contribution is 2.18. The first-order valence-electron chi connectivity index (χ1n) is 6.34. The lowest BCUT2D eigenvalue weighted by Gasteiger charge is -2.25. The number of rotatable bonds is 6. The van der Waals surface area contributed by atoms with E-state index in [9.17, 15) is 8.42 Å². The zero-order valence-electron chi connectivity index (χ0n) is 12.0. The first-order valence-corrected chi connectivity index (χ1v) is 8.61. The molecule has 1 N–H and O–H groups in total. The third-order valence-electron chi connectivity index (χ3n) is 2.77. The summed E-state index contributed by atoms with van der Waals surface area (Å²) in [6.07, 6.45) is 0. The quantitative estimate of drug-likeness (QED) is 0.800. The third kappa shape index (κ3) is 4.30. The molecule has 0 unspecified atom stereocenters. The van der Waals surface area contributed by atoms with Crippen LogP contribution >= 0.6 is 11.3 Å². The largest absolute Gasteiger partial charge is 0.384 e. The maximum Gasteiger partial charge on any atom is 0.282 e. The first-order chi connectivity index (χ1) is 9.45. The molecule has 0 amide bonds. The summed E-state index contributed by atoms with van der Waals surface area (Å²) in [6, 6.07) is 1.85. The lowest BCUT2D eigenvalue weighted by molar-refractivity contribution is 0.350. The van der Waals surface area contributed by atoms with E-state index in [1.165, 1.54) is 19.9 Å². The van der Waals surface area contributed by atoms with Crippen LogP contribution in [0.4, 0.5) is 0 Å². The second kappa shape index (κ2) is 7.76. The van der Waals surface area contributed by atoms with Gasteiger partial charge in [-0.25, -0.2) is 0 Å². The summed E-state index contributed by atoms with van der Waals surface area (Å²) < 4.78 is 27.3. The number of nitrogens with zero attached hydrogens (tertiary/aromatic N) is 2. The van der Waals surface area contributed by atoms with Gasteiger partial charge in [0, 0.05) is 42.5 Å². The van der Waals surface area contributed by atoms with Crippen LogP contribution in [0, 0.1) is 11.8 Å². The highest BCUT2D eigenvalue weighted by atomic mass is 32.2. The van der Waals surface area contributed by atoms with Crippen LogP contribution in [0.5, 0.6) is 0 Å². The van der Waals surface area contributed by atoms with Crippen molar-refractivity contribution in [1.29, 1.82) is 0 Å². The summed E-state index contributed by atoms with van der Waals surface area (Å²) in [6.45, 7) is 4.71. The minimum atomic E-state index is -3.41. The first kappa shape index (κ1) is 17.1. The van der Waals surface area contributed by atoms with Crippen molar-refractivity contribution in [3.05, 3.63) is 21.9 Å². The summed E-state index contributed by atoms with van der Waals surface area (Å²) in [5, 5.41) is 10.5. The predicted molar refractivity (Wildman–Crippen MR) is 81.6 cm³/mol. The van der Waals surface area contributed by atoms with E-state index in [0.717, 1.165) is 10.4 Å². The zero-order valence-corrected chi connectivity index (χ0v) is 13.6. The monoisotopic (exact) mass is 316 g/mol. The molecule has 0 aliphatic carbocycles. The van der Waals surface area contributed by atoms with E-state index in [2.05, 4.69) is 11.8 Å². The molecule has 0 bridgehead atoms. The lowest BCUT2D eigenvalue weighted by Crippen LogP contribution is -2.41. The van der Waals surface area contributed by atoms with Gasteiger partial charge in [0.15, 0.2) is 0 Å². The van der Waals surface area contributed by atoms with Crippen LogP contribution in [0.2, 0.25) is 0 Å². The fraction of sp³-hybridized carbons (Fsp3) is 0.538. The fourth-order valence-electron chi connectivity index (χ4n) is 1.72. The molecule has 0 fully saturated rings. The Balaban J connectivity index is 2.80. The van der Waals surface area contributed by atoms with Gasteiger partial charge in [-0.3, -0.25) is 0 Å². The number of thiophene rings is 1. The Morgan fingerprint density at radius 2 is 2.00 bits per heavy atom. The molecule has 112 valence electrons. The van der Waals surface area contributed by atoms with Crippen LogP contribution in [0.1, 0.15) is 24.3 Å². The summed E-state index contributed by atoms with van der Waals surface area (Å²) in [4.78, 5) is 0.922. The van der Waals surface area contributed by atoms with Gasteiger partial charge in [-0.2, -0.15) is 17.0 Å². The SMILES string of the molecule is CCN(CC)S(=O)(=O)N(C)Cc1cc(C#CCO)cs1. The van der Waals surface area contributed by atoms with Crippen molar-refractivity contribution in [3.8, 4) is 11.8 Å². The van der Waals surface area contributed by atoms with E-state index < -0.39 is 10.2 Å². The van der Waals surface area contributed by atoms with Crippen molar-refractivity contribution in [2.45, 2.75) is 20.4 Å². The average Bonchev–Trinajstić information content (AvgIpc) is 2.85. The van der Waals surface area contributed by atoms with Crippen LogP contribution in [0.15, 0.2) is 11.4 Å². The van der Waals surface area contributed by atoms with Gasteiger partial charge in [0.1, 0.15) is 6.61 Å². The number of aliphatic hydroxyl groups is 1. The maximum absolute atomic E-state index is 12.3. The van der Waals surface area contributed by atoms with Gasteiger partial charge >= 0.3 is 0 Å². The second-order valence-electron chi connectivity index (χ2n) is 4.11. The van der Waals surface area contributed by atoms with E-state index >= 15 is 0 Å². The highest BCUT2D eigenvalue weighted by molar-refractivity contribution is 7.86. The maximum atomic E-state index is 12.3. The van der Waals surface area contributed by atoms with Gasteiger partial charge in [-0.1, -0.05) is 25.7 Å². The van der Waals surface area contributed by atoms with Crippen molar-refractivity contribution in [2.24, 2.45) is 0 Å². The molecule has 0 radical (unpaired) electrons. The highest BCUT2D eigenvalue weighted by Gasteiger charge is 2.24. The van der Waals surface area contributed by atoms with Crippen molar-refractivity contribution >= 4 is 21.5 Å². The minimum absolute atomic E-state index is 0.179. The molecule has 1 aromatic rings. The Hall–Kier alpha value is -0.910. The topological polar surface area (TPSA) is 60.9 Å². The molecule has 0 aliphatic heterocycles.